The first-order valence-corrected chi connectivity index (χ1v) is 16.9. The molecule has 0 N–H and O–H groups in total. The molecule has 5 aromatic carbocycles. The summed E-state index contributed by atoms with van der Waals surface area (Å²) in [5.74, 6) is 0. The van der Waals surface area contributed by atoms with Crippen molar-refractivity contribution in [1.29, 1.82) is 0 Å². The number of anilines is 3. The van der Waals surface area contributed by atoms with E-state index >= 15 is 0 Å². The number of halogens is 2. The zero-order chi connectivity index (χ0) is 32.9. The Balaban J connectivity index is 1.62. The first-order chi connectivity index (χ1) is 21.5. The topological polar surface area (TPSA) is 7.65 Å². The molecule has 7 rings (SSSR count). The Bertz CT molecular complexity index is 2150. The van der Waals surface area contributed by atoms with Gasteiger partial charge in [-0.3, -0.25) is 0 Å². The van der Waals surface area contributed by atoms with E-state index in [2.05, 4.69) is 144 Å². The van der Waals surface area contributed by atoms with E-state index in [0.717, 1.165) is 17.1 Å². The predicted molar refractivity (Wildman–Crippen MR) is 202 cm³/mol. The Kier molecular flexibility index (Phi) is 6.98. The van der Waals surface area contributed by atoms with Gasteiger partial charge >= 0.3 is 0 Å². The summed E-state index contributed by atoms with van der Waals surface area (Å²) in [6, 6.07) is 33.2. The van der Waals surface area contributed by atoms with Crippen molar-refractivity contribution >= 4 is 78.4 Å². The van der Waals surface area contributed by atoms with Crippen LogP contribution in [0.2, 0.25) is 10.0 Å². The molecular formula is C42H42Cl2N2. The lowest BCUT2D eigenvalue weighted by molar-refractivity contribution is 0.590. The monoisotopic (exact) mass is 644 g/mol. The summed E-state index contributed by atoms with van der Waals surface area (Å²) in [7, 11) is 0. The quantitative estimate of drug-likeness (QED) is 0.186. The molecule has 0 spiro atoms. The van der Waals surface area contributed by atoms with Crippen LogP contribution in [0.5, 0.6) is 0 Å². The van der Waals surface area contributed by atoms with Gasteiger partial charge in [-0.25, -0.2) is 0 Å². The molecule has 0 saturated carbocycles. The lowest BCUT2D eigenvalue weighted by atomic mass is 9.86. The van der Waals surface area contributed by atoms with Crippen LogP contribution in [0.15, 0.2) is 91.0 Å². The molecule has 0 amide bonds. The van der Waals surface area contributed by atoms with Crippen LogP contribution >= 0.6 is 23.2 Å². The van der Waals surface area contributed by atoms with Crippen molar-refractivity contribution in [1.82, 2.24) is 4.40 Å². The van der Waals surface area contributed by atoms with E-state index < -0.39 is 0 Å². The zero-order valence-corrected chi connectivity index (χ0v) is 29.8. The van der Waals surface area contributed by atoms with E-state index in [4.69, 9.17) is 23.2 Å². The van der Waals surface area contributed by atoms with E-state index in [1.807, 2.05) is 18.2 Å². The minimum atomic E-state index is 0.0264. The van der Waals surface area contributed by atoms with Gasteiger partial charge in [0.2, 0.25) is 0 Å². The number of rotatable bonds is 3. The molecule has 0 fully saturated rings. The molecule has 0 atom stereocenters. The van der Waals surface area contributed by atoms with Gasteiger partial charge in [0, 0.05) is 32.9 Å². The number of hydrogen-bond acceptors (Lipinski definition) is 1. The molecule has 0 aliphatic carbocycles. The molecule has 234 valence electrons. The molecule has 2 aromatic heterocycles. The maximum absolute atomic E-state index is 7.00. The van der Waals surface area contributed by atoms with Crippen molar-refractivity contribution in [3.05, 3.63) is 118 Å². The summed E-state index contributed by atoms with van der Waals surface area (Å²) in [4.78, 5) is 2.23. The SMILES string of the molecule is CC(C)(C)c1ccc(N(c2cc3c4cc(C(C)(C)C)ccc4n4c5ccc(C(C)(C)C)cc5c(c2)c34)c2c(Cl)cccc2Cl)cc1. The normalized spacial score (nSPS) is 13.1. The summed E-state index contributed by atoms with van der Waals surface area (Å²) < 4.78 is 2.46. The van der Waals surface area contributed by atoms with Crippen molar-refractivity contribution in [2.45, 2.75) is 78.6 Å². The van der Waals surface area contributed by atoms with Gasteiger partial charge in [0.05, 0.1) is 32.3 Å². The number of aromatic nitrogens is 1. The van der Waals surface area contributed by atoms with Crippen LogP contribution in [0.25, 0.3) is 38.1 Å². The Hall–Kier alpha value is -3.72. The first kappa shape index (κ1) is 30.9. The number of para-hydroxylation sites is 1. The van der Waals surface area contributed by atoms with Gasteiger partial charge in [-0.05, 0) is 93.6 Å². The second-order valence-corrected chi connectivity index (χ2v) is 16.7. The van der Waals surface area contributed by atoms with E-state index in [1.165, 1.54) is 54.8 Å². The summed E-state index contributed by atoms with van der Waals surface area (Å²) in [5, 5.41) is 6.17. The molecule has 7 aromatic rings. The number of nitrogens with zero attached hydrogens (tertiary/aromatic N) is 2. The minimum Gasteiger partial charge on any atom is -0.308 e. The van der Waals surface area contributed by atoms with Gasteiger partial charge in [0.1, 0.15) is 0 Å². The highest BCUT2D eigenvalue weighted by Crippen LogP contribution is 2.48. The van der Waals surface area contributed by atoms with Crippen LogP contribution in [0.4, 0.5) is 17.1 Å². The van der Waals surface area contributed by atoms with Crippen molar-refractivity contribution in [2.24, 2.45) is 0 Å². The summed E-state index contributed by atoms with van der Waals surface area (Å²) in [6.45, 7) is 20.4. The van der Waals surface area contributed by atoms with E-state index in [1.54, 1.807) is 0 Å². The Morgan fingerprint density at radius 2 is 0.913 bits per heavy atom. The summed E-state index contributed by atoms with van der Waals surface area (Å²) >= 11 is 14.0. The van der Waals surface area contributed by atoms with Gasteiger partial charge in [-0.1, -0.05) is 116 Å². The maximum atomic E-state index is 7.00. The first-order valence-electron chi connectivity index (χ1n) is 16.2. The van der Waals surface area contributed by atoms with E-state index in [-0.39, 0.29) is 16.2 Å². The fraction of sp³-hybridized carbons (Fsp3) is 0.286. The third-order valence-electron chi connectivity index (χ3n) is 9.52. The highest BCUT2D eigenvalue weighted by Gasteiger charge is 2.26. The molecule has 0 aliphatic rings. The smallest absolute Gasteiger partial charge is 0.0835 e. The van der Waals surface area contributed by atoms with Gasteiger partial charge in [0.25, 0.3) is 0 Å². The lowest BCUT2D eigenvalue weighted by Gasteiger charge is -2.28. The second-order valence-electron chi connectivity index (χ2n) is 15.9. The highest BCUT2D eigenvalue weighted by atomic mass is 35.5. The number of fused-ring (bicyclic) bond motifs is 6. The van der Waals surface area contributed by atoms with Crippen molar-refractivity contribution in [3.63, 3.8) is 0 Å². The fourth-order valence-corrected chi connectivity index (χ4v) is 7.38. The zero-order valence-electron chi connectivity index (χ0n) is 28.3. The van der Waals surface area contributed by atoms with Gasteiger partial charge < -0.3 is 9.30 Å². The third kappa shape index (κ3) is 4.93. The average molecular weight is 646 g/mol. The summed E-state index contributed by atoms with van der Waals surface area (Å²) in [6.07, 6.45) is 0. The molecule has 4 heteroatoms. The number of hydrogen-bond donors (Lipinski definition) is 0. The molecular weight excluding hydrogens is 603 g/mol. The molecule has 46 heavy (non-hydrogen) atoms. The lowest BCUT2D eigenvalue weighted by Crippen LogP contribution is -2.13. The van der Waals surface area contributed by atoms with Crippen molar-refractivity contribution < 1.29 is 0 Å². The van der Waals surface area contributed by atoms with Gasteiger partial charge in [0.15, 0.2) is 0 Å². The number of benzene rings is 5. The molecule has 0 unspecified atom stereocenters. The fourth-order valence-electron chi connectivity index (χ4n) is 6.82. The summed E-state index contributed by atoms with van der Waals surface area (Å²) in [5.41, 5.74) is 10.5. The molecule has 2 heterocycles. The highest BCUT2D eigenvalue weighted by molar-refractivity contribution is 6.39. The molecule has 0 bridgehead atoms. The molecule has 2 nitrogen and oxygen atoms in total. The predicted octanol–water partition coefficient (Wildman–Crippen LogP) is 13.5. The Labute approximate surface area is 282 Å². The van der Waals surface area contributed by atoms with Crippen LogP contribution in [0.3, 0.4) is 0 Å². The molecule has 0 saturated heterocycles. The largest absolute Gasteiger partial charge is 0.308 e. The van der Waals surface area contributed by atoms with Crippen LogP contribution in [-0.4, -0.2) is 4.40 Å². The third-order valence-corrected chi connectivity index (χ3v) is 10.1. The van der Waals surface area contributed by atoms with Crippen LogP contribution in [0.1, 0.15) is 79.0 Å². The van der Waals surface area contributed by atoms with Crippen molar-refractivity contribution in [3.8, 4) is 0 Å². The van der Waals surface area contributed by atoms with Gasteiger partial charge in [-0.15, -0.1) is 0 Å². The van der Waals surface area contributed by atoms with Crippen LogP contribution in [-0.2, 0) is 16.2 Å². The molecule has 0 aliphatic heterocycles. The van der Waals surface area contributed by atoms with Crippen LogP contribution in [0, 0.1) is 0 Å². The second kappa shape index (κ2) is 10.4. The Morgan fingerprint density at radius 1 is 0.478 bits per heavy atom. The molecule has 0 radical (unpaired) electrons. The standard InChI is InChI=1S/C42H42Cl2N2/c1-40(2,3)25-13-17-28(18-14-25)45(39-34(43)11-10-12-35(39)44)29-23-32-30-21-26(41(4,5)6)15-19-36(30)46-37-20-16-27(42(7,8)9)22-31(37)33(24-29)38(32)46/h10-24H,1-9H3. The van der Waals surface area contributed by atoms with Crippen LogP contribution < -0.4 is 4.90 Å². The van der Waals surface area contributed by atoms with E-state index in [0.29, 0.717) is 10.0 Å². The Morgan fingerprint density at radius 3 is 1.35 bits per heavy atom. The average Bonchev–Trinajstić information content (AvgIpc) is 3.48. The maximum Gasteiger partial charge on any atom is 0.0835 e. The van der Waals surface area contributed by atoms with Crippen molar-refractivity contribution in [2.75, 3.05) is 4.90 Å². The van der Waals surface area contributed by atoms with Gasteiger partial charge in [-0.2, -0.15) is 0 Å². The van der Waals surface area contributed by atoms with E-state index in [9.17, 15) is 0 Å². The minimum absolute atomic E-state index is 0.0264.